The van der Waals surface area contributed by atoms with E-state index < -0.39 is 17.1 Å². The van der Waals surface area contributed by atoms with Crippen molar-refractivity contribution in [2.24, 2.45) is 7.05 Å². The maximum atomic E-state index is 13.6. The lowest BCUT2D eigenvalue weighted by atomic mass is 9.94. The topological polar surface area (TPSA) is 55.1 Å². The SMILES string of the molecule is Cc1ccc2ccc(F)cc2c1-c1c(O)c(Cl)nn(C)c1=O. The monoisotopic (exact) mass is 318 g/mol. The second kappa shape index (κ2) is 5.10. The highest BCUT2D eigenvalue weighted by molar-refractivity contribution is 6.31. The van der Waals surface area contributed by atoms with Gasteiger partial charge < -0.3 is 5.11 Å². The van der Waals surface area contributed by atoms with E-state index in [1.807, 2.05) is 12.1 Å². The van der Waals surface area contributed by atoms with Gasteiger partial charge >= 0.3 is 0 Å². The van der Waals surface area contributed by atoms with Gasteiger partial charge in [-0.1, -0.05) is 29.8 Å². The zero-order chi connectivity index (χ0) is 16.0. The summed E-state index contributed by atoms with van der Waals surface area (Å²) in [6.07, 6.45) is 0. The molecule has 0 unspecified atom stereocenters. The molecule has 2 aromatic carbocycles. The number of hydrogen-bond donors (Lipinski definition) is 1. The van der Waals surface area contributed by atoms with E-state index in [9.17, 15) is 14.3 Å². The lowest BCUT2D eigenvalue weighted by molar-refractivity contribution is 0.467. The van der Waals surface area contributed by atoms with Crippen LogP contribution in [0.15, 0.2) is 35.1 Å². The highest BCUT2D eigenvalue weighted by atomic mass is 35.5. The smallest absolute Gasteiger partial charge is 0.278 e. The Bertz CT molecular complexity index is 961. The van der Waals surface area contributed by atoms with Gasteiger partial charge in [0.1, 0.15) is 5.82 Å². The van der Waals surface area contributed by atoms with Gasteiger partial charge in [-0.15, -0.1) is 0 Å². The molecule has 1 aromatic heterocycles. The molecule has 0 saturated heterocycles. The third-order valence-electron chi connectivity index (χ3n) is 3.62. The minimum absolute atomic E-state index is 0.0243. The van der Waals surface area contributed by atoms with Gasteiger partial charge in [0.2, 0.25) is 0 Å². The lowest BCUT2D eigenvalue weighted by Gasteiger charge is -2.13. The molecule has 4 nitrogen and oxygen atoms in total. The van der Waals surface area contributed by atoms with E-state index in [0.29, 0.717) is 10.9 Å². The molecule has 0 aliphatic rings. The normalized spacial score (nSPS) is 11.1. The van der Waals surface area contributed by atoms with Crippen molar-refractivity contribution in [3.8, 4) is 16.9 Å². The Morgan fingerprint density at radius 2 is 1.91 bits per heavy atom. The molecule has 0 atom stereocenters. The molecule has 0 spiro atoms. The first kappa shape index (κ1) is 14.5. The van der Waals surface area contributed by atoms with Gasteiger partial charge in [-0.2, -0.15) is 5.10 Å². The molecule has 6 heteroatoms. The van der Waals surface area contributed by atoms with Crippen LogP contribution in [0, 0.1) is 12.7 Å². The van der Waals surface area contributed by atoms with Crippen LogP contribution in [0.3, 0.4) is 0 Å². The second-order valence-electron chi connectivity index (χ2n) is 5.07. The van der Waals surface area contributed by atoms with Crippen molar-refractivity contribution in [1.82, 2.24) is 9.78 Å². The number of rotatable bonds is 1. The van der Waals surface area contributed by atoms with E-state index in [4.69, 9.17) is 11.6 Å². The fraction of sp³-hybridized carbons (Fsp3) is 0.125. The fourth-order valence-electron chi connectivity index (χ4n) is 2.55. The molecule has 0 radical (unpaired) electrons. The zero-order valence-corrected chi connectivity index (χ0v) is 12.6. The van der Waals surface area contributed by atoms with Gasteiger partial charge in [0.25, 0.3) is 5.56 Å². The molecular formula is C16H12ClFN2O2. The van der Waals surface area contributed by atoms with E-state index in [1.54, 1.807) is 13.0 Å². The summed E-state index contributed by atoms with van der Waals surface area (Å²) in [5.41, 5.74) is 0.713. The maximum absolute atomic E-state index is 13.6. The van der Waals surface area contributed by atoms with E-state index in [-0.39, 0.29) is 10.7 Å². The molecule has 3 rings (SSSR count). The Hall–Kier alpha value is -2.40. The van der Waals surface area contributed by atoms with Crippen LogP contribution < -0.4 is 5.56 Å². The van der Waals surface area contributed by atoms with Crippen molar-refractivity contribution >= 4 is 22.4 Å². The molecule has 112 valence electrons. The van der Waals surface area contributed by atoms with Gasteiger partial charge in [0.15, 0.2) is 10.9 Å². The molecule has 22 heavy (non-hydrogen) atoms. The van der Waals surface area contributed by atoms with Gasteiger partial charge in [-0.05, 0) is 35.4 Å². The van der Waals surface area contributed by atoms with E-state index >= 15 is 0 Å². The van der Waals surface area contributed by atoms with Gasteiger partial charge in [-0.3, -0.25) is 4.79 Å². The molecule has 0 amide bonds. The Morgan fingerprint density at radius 1 is 1.23 bits per heavy atom. The molecule has 3 aromatic rings. The van der Waals surface area contributed by atoms with Crippen LogP contribution in [0.5, 0.6) is 5.75 Å². The van der Waals surface area contributed by atoms with Crippen molar-refractivity contribution < 1.29 is 9.50 Å². The van der Waals surface area contributed by atoms with Gasteiger partial charge in [0, 0.05) is 12.6 Å². The maximum Gasteiger partial charge on any atom is 0.278 e. The van der Waals surface area contributed by atoms with E-state index in [2.05, 4.69) is 5.10 Å². The summed E-state index contributed by atoms with van der Waals surface area (Å²) in [6, 6.07) is 7.95. The number of halogens is 2. The number of nitrogens with zero attached hydrogens (tertiary/aromatic N) is 2. The minimum Gasteiger partial charge on any atom is -0.504 e. The highest BCUT2D eigenvalue weighted by Crippen LogP contribution is 2.37. The molecule has 0 aliphatic heterocycles. The second-order valence-corrected chi connectivity index (χ2v) is 5.42. The van der Waals surface area contributed by atoms with Crippen molar-refractivity contribution in [2.75, 3.05) is 0 Å². The molecular weight excluding hydrogens is 307 g/mol. The molecule has 0 aliphatic carbocycles. The Balaban J connectivity index is 2.54. The van der Waals surface area contributed by atoms with Crippen molar-refractivity contribution in [3.63, 3.8) is 0 Å². The molecule has 0 fully saturated rings. The summed E-state index contributed by atoms with van der Waals surface area (Å²) >= 11 is 5.88. The predicted molar refractivity (Wildman–Crippen MR) is 83.8 cm³/mol. The summed E-state index contributed by atoms with van der Waals surface area (Å²) in [5, 5.41) is 15.1. The zero-order valence-electron chi connectivity index (χ0n) is 11.9. The molecule has 1 N–H and O–H groups in total. The third-order valence-corrected chi connectivity index (χ3v) is 3.87. The van der Waals surface area contributed by atoms with E-state index in [1.165, 1.54) is 19.2 Å². The van der Waals surface area contributed by atoms with Crippen molar-refractivity contribution in [3.05, 3.63) is 57.2 Å². The van der Waals surface area contributed by atoms with Crippen LogP contribution in [-0.4, -0.2) is 14.9 Å². The minimum atomic E-state index is -0.498. The average Bonchev–Trinajstić information content (AvgIpc) is 2.47. The van der Waals surface area contributed by atoms with Crippen LogP contribution in [0.4, 0.5) is 4.39 Å². The van der Waals surface area contributed by atoms with Gasteiger partial charge in [0.05, 0.1) is 5.56 Å². The summed E-state index contributed by atoms with van der Waals surface area (Å²) < 4.78 is 14.7. The summed E-state index contributed by atoms with van der Waals surface area (Å²) in [4.78, 5) is 12.4. The summed E-state index contributed by atoms with van der Waals surface area (Å²) in [5.74, 6) is -0.819. The van der Waals surface area contributed by atoms with Crippen LogP contribution in [0.2, 0.25) is 5.15 Å². The third kappa shape index (κ3) is 2.14. The van der Waals surface area contributed by atoms with Crippen molar-refractivity contribution in [2.45, 2.75) is 6.92 Å². The van der Waals surface area contributed by atoms with Crippen LogP contribution >= 0.6 is 11.6 Å². The number of aryl methyl sites for hydroxylation is 2. The number of hydrogen-bond acceptors (Lipinski definition) is 3. The quantitative estimate of drug-likeness (QED) is 0.748. The Kier molecular flexibility index (Phi) is 3.37. The highest BCUT2D eigenvalue weighted by Gasteiger charge is 2.20. The summed E-state index contributed by atoms with van der Waals surface area (Å²) in [6.45, 7) is 1.78. The van der Waals surface area contributed by atoms with Gasteiger partial charge in [-0.25, -0.2) is 9.07 Å². The Morgan fingerprint density at radius 3 is 2.64 bits per heavy atom. The number of benzene rings is 2. The summed E-state index contributed by atoms with van der Waals surface area (Å²) in [7, 11) is 1.44. The fourth-order valence-corrected chi connectivity index (χ4v) is 2.76. The van der Waals surface area contributed by atoms with E-state index in [0.717, 1.165) is 15.6 Å². The van der Waals surface area contributed by atoms with Crippen LogP contribution in [0.1, 0.15) is 5.56 Å². The standard InChI is InChI=1S/C16H12ClFN2O2/c1-8-3-4-9-5-6-10(18)7-11(9)12(8)13-14(21)15(17)19-20(2)16(13)22/h3-7,21H,1-2H3. The lowest BCUT2D eigenvalue weighted by Crippen LogP contribution is -2.21. The number of aromatic hydroxyl groups is 1. The first-order valence-corrected chi connectivity index (χ1v) is 6.93. The molecule has 1 heterocycles. The number of aromatic nitrogens is 2. The largest absolute Gasteiger partial charge is 0.504 e. The molecule has 0 bridgehead atoms. The predicted octanol–water partition coefficient (Wildman–Crippen LogP) is 3.41. The average molecular weight is 319 g/mol. The number of fused-ring (bicyclic) bond motifs is 1. The first-order chi connectivity index (χ1) is 10.4. The van der Waals surface area contributed by atoms with Crippen molar-refractivity contribution in [1.29, 1.82) is 0 Å². The first-order valence-electron chi connectivity index (χ1n) is 6.55. The molecule has 0 saturated carbocycles. The van der Waals surface area contributed by atoms with Crippen LogP contribution in [0.25, 0.3) is 21.9 Å². The Labute approximate surface area is 130 Å². The van der Waals surface area contributed by atoms with Crippen LogP contribution in [-0.2, 0) is 7.05 Å².